The number of hydrogen-bond acceptors (Lipinski definition) is 4. The molecule has 2 heterocycles. The number of anilines is 1. The molecule has 0 bridgehead atoms. The van der Waals surface area contributed by atoms with E-state index in [2.05, 4.69) is 29.2 Å². The van der Waals surface area contributed by atoms with Crippen molar-refractivity contribution >= 4 is 22.1 Å². The van der Waals surface area contributed by atoms with Crippen molar-refractivity contribution in [2.75, 3.05) is 18.8 Å². The van der Waals surface area contributed by atoms with Crippen molar-refractivity contribution in [3.8, 4) is 0 Å². The van der Waals surface area contributed by atoms with Crippen molar-refractivity contribution in [2.24, 2.45) is 0 Å². The molecule has 3 nitrogen and oxygen atoms in total. The standard InChI is InChI=1S/C17H20N2OS/c1-12(20)16-14-8-10-19(11-15(14)21-17(16)18)9-7-13-5-3-2-4-6-13/h2-6H,7-11,18H2,1H3. The van der Waals surface area contributed by atoms with Crippen LogP contribution in [0.3, 0.4) is 0 Å². The third-order valence-electron chi connectivity index (χ3n) is 4.07. The number of Topliss-reactive ketones (excluding diaryl/α,β-unsaturated/α-hetero) is 1. The predicted octanol–water partition coefficient (Wildman–Crippen LogP) is 3.13. The van der Waals surface area contributed by atoms with Gasteiger partial charge >= 0.3 is 0 Å². The van der Waals surface area contributed by atoms with E-state index in [4.69, 9.17) is 5.73 Å². The number of carbonyl (C=O) groups is 1. The zero-order valence-corrected chi connectivity index (χ0v) is 13.1. The lowest BCUT2D eigenvalue weighted by atomic mass is 10.0. The van der Waals surface area contributed by atoms with E-state index in [0.29, 0.717) is 5.00 Å². The van der Waals surface area contributed by atoms with Crippen LogP contribution in [-0.2, 0) is 19.4 Å². The first-order valence-electron chi connectivity index (χ1n) is 7.32. The highest BCUT2D eigenvalue weighted by Gasteiger charge is 2.25. The summed E-state index contributed by atoms with van der Waals surface area (Å²) in [5.74, 6) is 0.0998. The molecule has 1 aliphatic heterocycles. The van der Waals surface area contributed by atoms with Crippen LogP contribution in [0.1, 0.15) is 33.3 Å². The van der Waals surface area contributed by atoms with Crippen LogP contribution in [0.5, 0.6) is 0 Å². The summed E-state index contributed by atoms with van der Waals surface area (Å²) in [6.45, 7) is 4.59. The summed E-state index contributed by atoms with van der Waals surface area (Å²) in [6.07, 6.45) is 2.00. The maximum Gasteiger partial charge on any atom is 0.163 e. The molecule has 0 saturated carbocycles. The minimum Gasteiger partial charge on any atom is -0.390 e. The third kappa shape index (κ3) is 3.01. The minimum atomic E-state index is 0.0998. The summed E-state index contributed by atoms with van der Waals surface area (Å²) in [5.41, 5.74) is 9.36. The van der Waals surface area contributed by atoms with Gasteiger partial charge < -0.3 is 5.73 Å². The first-order chi connectivity index (χ1) is 10.1. The van der Waals surface area contributed by atoms with E-state index >= 15 is 0 Å². The van der Waals surface area contributed by atoms with Gasteiger partial charge in [0.1, 0.15) is 0 Å². The second kappa shape index (κ2) is 6.00. The van der Waals surface area contributed by atoms with Gasteiger partial charge in [0.05, 0.1) is 10.6 Å². The van der Waals surface area contributed by atoms with Crippen LogP contribution in [0.4, 0.5) is 5.00 Å². The smallest absolute Gasteiger partial charge is 0.163 e. The second-order valence-corrected chi connectivity index (χ2v) is 6.70. The summed E-state index contributed by atoms with van der Waals surface area (Å²) in [7, 11) is 0. The van der Waals surface area contributed by atoms with Crippen LogP contribution in [0, 0.1) is 0 Å². The van der Waals surface area contributed by atoms with E-state index in [-0.39, 0.29) is 5.78 Å². The van der Waals surface area contributed by atoms with E-state index in [1.54, 1.807) is 18.3 Å². The Morgan fingerprint density at radius 2 is 2.10 bits per heavy atom. The van der Waals surface area contributed by atoms with E-state index in [1.165, 1.54) is 16.0 Å². The van der Waals surface area contributed by atoms with Crippen molar-refractivity contribution in [1.82, 2.24) is 4.90 Å². The minimum absolute atomic E-state index is 0.0998. The number of nitrogens with two attached hydrogens (primary N) is 1. The van der Waals surface area contributed by atoms with E-state index in [1.807, 2.05) is 6.07 Å². The summed E-state index contributed by atoms with van der Waals surface area (Å²) in [5, 5.41) is 0.692. The Morgan fingerprint density at radius 3 is 2.81 bits per heavy atom. The van der Waals surface area contributed by atoms with Crippen LogP contribution in [0.2, 0.25) is 0 Å². The lowest BCUT2D eigenvalue weighted by Crippen LogP contribution is -2.31. The molecule has 0 radical (unpaired) electrons. The van der Waals surface area contributed by atoms with E-state index < -0.39 is 0 Å². The zero-order valence-electron chi connectivity index (χ0n) is 12.3. The van der Waals surface area contributed by atoms with Gasteiger partial charge in [0, 0.05) is 24.5 Å². The van der Waals surface area contributed by atoms with Gasteiger partial charge in [0.25, 0.3) is 0 Å². The number of carbonyl (C=O) groups excluding carboxylic acids is 1. The third-order valence-corrected chi connectivity index (χ3v) is 5.12. The summed E-state index contributed by atoms with van der Waals surface area (Å²) < 4.78 is 0. The molecular formula is C17H20N2OS. The van der Waals surface area contributed by atoms with Gasteiger partial charge in [-0.15, -0.1) is 11.3 Å². The molecule has 0 aliphatic carbocycles. The molecule has 2 N–H and O–H groups in total. The molecule has 2 aromatic rings. The molecule has 3 rings (SSSR count). The van der Waals surface area contributed by atoms with Crippen LogP contribution in [0.15, 0.2) is 30.3 Å². The number of fused-ring (bicyclic) bond motifs is 1. The molecule has 1 aromatic heterocycles. The van der Waals surface area contributed by atoms with Crippen molar-refractivity contribution in [2.45, 2.75) is 26.3 Å². The lowest BCUT2D eigenvalue weighted by molar-refractivity contribution is 0.101. The number of nitrogens with zero attached hydrogens (tertiary/aromatic N) is 1. The molecule has 0 amide bonds. The first kappa shape index (κ1) is 14.3. The number of thiophene rings is 1. The van der Waals surface area contributed by atoms with Crippen molar-refractivity contribution in [1.29, 1.82) is 0 Å². The van der Waals surface area contributed by atoms with E-state index in [9.17, 15) is 4.79 Å². The van der Waals surface area contributed by atoms with Crippen LogP contribution in [-0.4, -0.2) is 23.8 Å². The summed E-state index contributed by atoms with van der Waals surface area (Å²) >= 11 is 1.59. The van der Waals surface area contributed by atoms with Gasteiger partial charge in [0.2, 0.25) is 0 Å². The average molecular weight is 300 g/mol. The molecule has 0 saturated heterocycles. The second-order valence-electron chi connectivity index (χ2n) is 5.56. The fourth-order valence-corrected chi connectivity index (χ4v) is 4.20. The molecule has 0 unspecified atom stereocenters. The highest BCUT2D eigenvalue weighted by Crippen LogP contribution is 2.35. The topological polar surface area (TPSA) is 46.3 Å². The van der Waals surface area contributed by atoms with Crippen molar-refractivity contribution < 1.29 is 4.79 Å². The molecule has 4 heteroatoms. The van der Waals surface area contributed by atoms with Crippen LogP contribution in [0.25, 0.3) is 0 Å². The van der Waals surface area contributed by atoms with Gasteiger partial charge in [-0.1, -0.05) is 30.3 Å². The maximum atomic E-state index is 11.7. The monoisotopic (exact) mass is 300 g/mol. The van der Waals surface area contributed by atoms with Gasteiger partial charge in [0.15, 0.2) is 5.78 Å². The Labute approximate surface area is 129 Å². The molecule has 1 aromatic carbocycles. The fraction of sp³-hybridized carbons (Fsp3) is 0.353. The Balaban J connectivity index is 1.68. The van der Waals surface area contributed by atoms with Gasteiger partial charge in [-0.25, -0.2) is 0 Å². The molecule has 21 heavy (non-hydrogen) atoms. The molecule has 0 atom stereocenters. The van der Waals surface area contributed by atoms with Crippen molar-refractivity contribution in [3.05, 3.63) is 51.9 Å². The lowest BCUT2D eigenvalue weighted by Gasteiger charge is -2.27. The molecule has 0 fully saturated rings. The zero-order chi connectivity index (χ0) is 14.8. The Kier molecular flexibility index (Phi) is 4.08. The van der Waals surface area contributed by atoms with Crippen molar-refractivity contribution in [3.63, 3.8) is 0 Å². The van der Waals surface area contributed by atoms with Gasteiger partial charge in [-0.2, -0.15) is 0 Å². The Bertz CT molecular complexity index is 648. The number of nitrogen functional groups attached to an aromatic ring is 1. The maximum absolute atomic E-state index is 11.7. The SMILES string of the molecule is CC(=O)c1c(N)sc2c1CCN(CCc1ccccc1)C2. The van der Waals surface area contributed by atoms with Crippen LogP contribution >= 0.6 is 11.3 Å². The Morgan fingerprint density at radius 1 is 1.33 bits per heavy atom. The molecule has 0 spiro atoms. The quantitative estimate of drug-likeness (QED) is 0.882. The average Bonchev–Trinajstić information content (AvgIpc) is 2.81. The number of ketones is 1. The molecule has 110 valence electrons. The molecular weight excluding hydrogens is 280 g/mol. The Hall–Kier alpha value is -1.65. The predicted molar refractivity (Wildman–Crippen MR) is 87.9 cm³/mol. The van der Waals surface area contributed by atoms with Crippen LogP contribution < -0.4 is 5.73 Å². The largest absolute Gasteiger partial charge is 0.390 e. The van der Waals surface area contributed by atoms with E-state index in [0.717, 1.165) is 38.0 Å². The highest BCUT2D eigenvalue weighted by atomic mass is 32.1. The highest BCUT2D eigenvalue weighted by molar-refractivity contribution is 7.16. The number of rotatable bonds is 4. The summed E-state index contributed by atoms with van der Waals surface area (Å²) in [4.78, 5) is 15.4. The first-order valence-corrected chi connectivity index (χ1v) is 8.14. The number of hydrogen-bond donors (Lipinski definition) is 1. The normalized spacial score (nSPS) is 14.9. The molecule has 1 aliphatic rings. The fourth-order valence-electron chi connectivity index (χ4n) is 2.99. The van der Waals surface area contributed by atoms with Gasteiger partial charge in [-0.05, 0) is 30.9 Å². The summed E-state index contributed by atoms with van der Waals surface area (Å²) in [6, 6.07) is 10.6. The van der Waals surface area contributed by atoms with Gasteiger partial charge in [-0.3, -0.25) is 9.69 Å². The number of benzene rings is 1.